The largest absolute Gasteiger partial charge is 0.265 e. The van der Waals surface area contributed by atoms with Gasteiger partial charge in [-0.3, -0.25) is 15.0 Å². The number of hydrogen-bond acceptors (Lipinski definition) is 3. The quantitative estimate of drug-likeness (QED) is 0.351. The van der Waals surface area contributed by atoms with Gasteiger partial charge >= 0.3 is 0 Å². The third-order valence-electron chi connectivity index (χ3n) is 6.94. The molecule has 1 spiro atoms. The third kappa shape index (κ3) is 2.13. The normalized spacial score (nSPS) is 14.4. The molecular weight excluding hydrogens is 405 g/mol. The molecule has 148 valence electrons. The number of hydrogen-bond donors (Lipinski definition) is 0. The van der Waals surface area contributed by atoms with Crippen molar-refractivity contribution in [2.75, 3.05) is 0 Å². The van der Waals surface area contributed by atoms with E-state index in [-0.39, 0.29) is 6.71 Å². The predicted molar refractivity (Wildman–Crippen MR) is 134 cm³/mol. The molecule has 0 aliphatic carbocycles. The summed E-state index contributed by atoms with van der Waals surface area (Å²) in [6.45, 7) is 0.120. The van der Waals surface area contributed by atoms with Crippen LogP contribution in [0, 0.1) is 0 Å². The standard InChI is InChI=1S/C27H18BN3Si/c1-2-9-19(10-3-1)28-21-12-6-17-30-26(21)32(27-22(28)13-7-18-31-27)23-14-5-4-11-20(23)25-24(32)15-8-16-29-25/h1-18H. The van der Waals surface area contributed by atoms with E-state index in [0.717, 1.165) is 5.69 Å². The lowest BCUT2D eigenvalue weighted by Gasteiger charge is -2.38. The van der Waals surface area contributed by atoms with Gasteiger partial charge in [-0.2, -0.15) is 0 Å². The number of aromatic nitrogens is 3. The summed E-state index contributed by atoms with van der Waals surface area (Å²) in [6.07, 6.45) is 5.79. The summed E-state index contributed by atoms with van der Waals surface area (Å²) in [7, 11) is -2.66. The molecule has 2 aliphatic heterocycles. The van der Waals surface area contributed by atoms with Gasteiger partial charge in [0.05, 0.1) is 5.69 Å². The Bertz CT molecular complexity index is 1410. The molecule has 0 saturated carbocycles. The number of fused-ring (bicyclic) bond motifs is 9. The SMILES string of the molecule is c1ccc(B2c3cccnc3[Si]3(c4ccccc4-c4ncccc43)c3ncccc32)cc1. The number of rotatable bonds is 1. The Morgan fingerprint density at radius 3 is 1.88 bits per heavy atom. The van der Waals surface area contributed by atoms with Crippen molar-refractivity contribution in [3.8, 4) is 11.3 Å². The monoisotopic (exact) mass is 423 g/mol. The Morgan fingerprint density at radius 1 is 0.531 bits per heavy atom. The van der Waals surface area contributed by atoms with Crippen molar-refractivity contribution in [1.29, 1.82) is 0 Å². The molecule has 5 heteroatoms. The van der Waals surface area contributed by atoms with Crippen LogP contribution in [0.2, 0.25) is 0 Å². The van der Waals surface area contributed by atoms with Crippen LogP contribution in [0.4, 0.5) is 0 Å². The van der Waals surface area contributed by atoms with Crippen LogP contribution in [-0.2, 0) is 0 Å². The van der Waals surface area contributed by atoms with E-state index in [1.54, 1.807) is 0 Å². The van der Waals surface area contributed by atoms with Gasteiger partial charge in [0.1, 0.15) is 0 Å². The molecule has 0 radical (unpaired) electrons. The lowest BCUT2D eigenvalue weighted by atomic mass is 9.37. The molecule has 2 aliphatic rings. The van der Waals surface area contributed by atoms with Crippen LogP contribution in [0.1, 0.15) is 0 Å². The average Bonchev–Trinajstić information content (AvgIpc) is 3.16. The highest BCUT2D eigenvalue weighted by Gasteiger charge is 2.57. The van der Waals surface area contributed by atoms with Gasteiger partial charge < -0.3 is 0 Å². The summed E-state index contributed by atoms with van der Waals surface area (Å²) in [5, 5.41) is 5.03. The lowest BCUT2D eigenvalue weighted by Crippen LogP contribution is -2.87. The number of benzene rings is 2. The Hall–Kier alpha value is -3.83. The number of pyridine rings is 3. The van der Waals surface area contributed by atoms with E-state index in [1.807, 2.05) is 18.6 Å². The van der Waals surface area contributed by atoms with Gasteiger partial charge in [-0.1, -0.05) is 89.2 Å². The molecule has 0 saturated heterocycles. The third-order valence-corrected chi connectivity index (χ3v) is 11.7. The summed E-state index contributed by atoms with van der Waals surface area (Å²) in [5.74, 6) is 0. The summed E-state index contributed by atoms with van der Waals surface area (Å²) >= 11 is 0. The molecule has 7 rings (SSSR count). The van der Waals surface area contributed by atoms with Crippen molar-refractivity contribution in [2.24, 2.45) is 0 Å². The lowest BCUT2D eigenvalue weighted by molar-refractivity contribution is 1.34. The second-order valence-corrected chi connectivity index (χ2v) is 11.9. The topological polar surface area (TPSA) is 38.7 Å². The van der Waals surface area contributed by atoms with Crippen LogP contribution in [-0.4, -0.2) is 29.7 Å². The molecule has 3 nitrogen and oxygen atoms in total. The van der Waals surface area contributed by atoms with Crippen molar-refractivity contribution in [2.45, 2.75) is 0 Å². The molecular formula is C27H18BN3Si. The summed E-state index contributed by atoms with van der Waals surface area (Å²) in [5.41, 5.74) is 6.16. The molecule has 5 aromatic rings. The number of nitrogens with zero attached hydrogens (tertiary/aromatic N) is 3. The second-order valence-electron chi connectivity index (χ2n) is 8.42. The van der Waals surface area contributed by atoms with E-state index >= 15 is 0 Å². The fourth-order valence-corrected chi connectivity index (χ4v) is 11.1. The highest BCUT2D eigenvalue weighted by Crippen LogP contribution is 2.26. The zero-order valence-electron chi connectivity index (χ0n) is 17.3. The summed E-state index contributed by atoms with van der Waals surface area (Å²) in [6, 6.07) is 32.5. The minimum absolute atomic E-state index is 0.120. The first kappa shape index (κ1) is 17.8. The summed E-state index contributed by atoms with van der Waals surface area (Å²) < 4.78 is 0. The van der Waals surface area contributed by atoms with Gasteiger partial charge in [-0.15, -0.1) is 0 Å². The van der Waals surface area contributed by atoms with E-state index in [9.17, 15) is 0 Å². The fraction of sp³-hybridized carbons (Fsp3) is 0. The van der Waals surface area contributed by atoms with Gasteiger partial charge in [0.25, 0.3) is 0 Å². The van der Waals surface area contributed by atoms with E-state index in [0.29, 0.717) is 0 Å². The minimum atomic E-state index is -2.66. The van der Waals surface area contributed by atoms with Crippen LogP contribution in [0.3, 0.4) is 0 Å². The van der Waals surface area contributed by atoms with E-state index in [2.05, 4.69) is 91.0 Å². The summed E-state index contributed by atoms with van der Waals surface area (Å²) in [4.78, 5) is 15.1. The average molecular weight is 423 g/mol. The molecule has 0 N–H and O–H groups in total. The molecule has 0 amide bonds. The Balaban J connectivity index is 1.67. The Morgan fingerprint density at radius 2 is 1.12 bits per heavy atom. The molecule has 3 aromatic heterocycles. The molecule has 0 atom stereocenters. The van der Waals surface area contributed by atoms with Crippen molar-refractivity contribution in [1.82, 2.24) is 15.0 Å². The van der Waals surface area contributed by atoms with Crippen molar-refractivity contribution >= 4 is 52.2 Å². The van der Waals surface area contributed by atoms with E-state index < -0.39 is 8.07 Å². The molecule has 5 heterocycles. The molecule has 0 fully saturated rings. The maximum Gasteiger partial charge on any atom is 0.244 e. The van der Waals surface area contributed by atoms with Gasteiger partial charge in [0.15, 0.2) is 0 Å². The van der Waals surface area contributed by atoms with E-state index in [1.165, 1.54) is 43.0 Å². The van der Waals surface area contributed by atoms with Crippen LogP contribution in [0.15, 0.2) is 110 Å². The predicted octanol–water partition coefficient (Wildman–Crippen LogP) is 0.0590. The van der Waals surface area contributed by atoms with E-state index in [4.69, 9.17) is 15.0 Å². The van der Waals surface area contributed by atoms with Crippen LogP contribution in [0.5, 0.6) is 0 Å². The molecule has 0 bridgehead atoms. The van der Waals surface area contributed by atoms with Gasteiger partial charge in [-0.25, -0.2) is 0 Å². The van der Waals surface area contributed by atoms with Crippen molar-refractivity contribution in [3.05, 3.63) is 110 Å². The molecule has 2 aromatic carbocycles. The van der Waals surface area contributed by atoms with Crippen molar-refractivity contribution in [3.63, 3.8) is 0 Å². The first-order chi connectivity index (χ1) is 15.9. The van der Waals surface area contributed by atoms with Gasteiger partial charge in [0.2, 0.25) is 14.8 Å². The molecule has 0 unspecified atom stereocenters. The van der Waals surface area contributed by atoms with Crippen LogP contribution in [0.25, 0.3) is 11.3 Å². The highest BCUT2D eigenvalue weighted by atomic mass is 28.3. The smallest absolute Gasteiger partial charge is 0.244 e. The van der Waals surface area contributed by atoms with Crippen LogP contribution >= 0.6 is 0 Å². The molecule has 32 heavy (non-hydrogen) atoms. The fourth-order valence-electron chi connectivity index (χ4n) is 5.81. The maximum atomic E-state index is 5.12. The minimum Gasteiger partial charge on any atom is -0.265 e. The zero-order valence-corrected chi connectivity index (χ0v) is 18.3. The maximum absolute atomic E-state index is 5.12. The first-order valence-electron chi connectivity index (χ1n) is 10.9. The van der Waals surface area contributed by atoms with Gasteiger partial charge in [-0.05, 0) is 28.6 Å². The van der Waals surface area contributed by atoms with Crippen molar-refractivity contribution < 1.29 is 0 Å². The first-order valence-corrected chi connectivity index (χ1v) is 12.9. The Kier molecular flexibility index (Phi) is 3.66. The highest BCUT2D eigenvalue weighted by molar-refractivity contribution is 7.27. The Labute approximate surface area is 188 Å². The van der Waals surface area contributed by atoms with Gasteiger partial charge in [0, 0.05) is 34.8 Å². The second kappa shape index (κ2) is 6.58. The van der Waals surface area contributed by atoms with Crippen LogP contribution < -0.4 is 37.4 Å². The zero-order chi connectivity index (χ0) is 21.1.